The van der Waals surface area contributed by atoms with Gasteiger partial charge in [0.05, 0.1) is 12.1 Å². The monoisotopic (exact) mass is 114 g/mol. The maximum Gasteiger partial charge on any atom is 0.0663 e. The van der Waals surface area contributed by atoms with Gasteiger partial charge in [-0.15, -0.1) is 9.24 Å². The summed E-state index contributed by atoms with van der Waals surface area (Å²) < 4.78 is 0. The van der Waals surface area contributed by atoms with Crippen LogP contribution in [-0.2, 0) is 0 Å². The molecule has 38 valence electrons. The molecule has 7 heavy (non-hydrogen) atoms. The van der Waals surface area contributed by atoms with Crippen LogP contribution in [0, 0.1) is 22.7 Å². The van der Waals surface area contributed by atoms with Crippen LogP contribution in [0.3, 0.4) is 0 Å². The summed E-state index contributed by atoms with van der Waals surface area (Å²) in [5.41, 5.74) is 0. The molecule has 0 spiro atoms. The number of nitriles is 2. The van der Waals surface area contributed by atoms with E-state index in [-0.39, 0.29) is 0 Å². The lowest BCUT2D eigenvalue weighted by molar-refractivity contribution is 1.49. The van der Waals surface area contributed by atoms with Crippen molar-refractivity contribution in [2.24, 2.45) is 0 Å². The molecule has 1 atom stereocenters. The fourth-order valence-corrected chi connectivity index (χ4v) is 0. The topological polar surface area (TPSA) is 47.6 Å². The third kappa shape index (κ3) is 374. The van der Waals surface area contributed by atoms with E-state index >= 15 is 0 Å². The van der Waals surface area contributed by atoms with Gasteiger partial charge in [0.15, 0.2) is 0 Å². The summed E-state index contributed by atoms with van der Waals surface area (Å²) in [5, 5.41) is 14.9. The van der Waals surface area contributed by atoms with Crippen molar-refractivity contribution in [3.05, 3.63) is 0 Å². The van der Waals surface area contributed by atoms with E-state index in [4.69, 9.17) is 10.5 Å². The Morgan fingerprint density at radius 2 is 1.71 bits per heavy atom. The van der Waals surface area contributed by atoms with Gasteiger partial charge in [0.2, 0.25) is 0 Å². The summed E-state index contributed by atoms with van der Waals surface area (Å²) in [5.74, 6) is 0. The van der Waals surface area contributed by atoms with Crippen molar-refractivity contribution in [2.45, 2.75) is 6.92 Å². The second-order valence-corrected chi connectivity index (χ2v) is 0.994. The summed E-state index contributed by atoms with van der Waals surface area (Å²) in [4.78, 5) is 0. The molecule has 0 heterocycles. The summed E-state index contributed by atoms with van der Waals surface area (Å²) >= 11 is 0. The van der Waals surface area contributed by atoms with Crippen molar-refractivity contribution in [3.8, 4) is 12.1 Å². The van der Waals surface area contributed by atoms with E-state index < -0.39 is 0 Å². The van der Waals surface area contributed by atoms with Crippen molar-refractivity contribution in [1.29, 1.82) is 10.5 Å². The molecule has 0 N–H and O–H groups in total. The molecule has 0 aromatic rings. The van der Waals surface area contributed by atoms with E-state index in [9.17, 15) is 0 Å². The standard InChI is InChI=1S/C2H4NP.C2H3N/c3-1-2-4;1-2-3/h2,4H2;1H3. The lowest BCUT2D eigenvalue weighted by atomic mass is 10.9. The summed E-state index contributed by atoms with van der Waals surface area (Å²) in [7, 11) is 2.29. The van der Waals surface area contributed by atoms with E-state index in [2.05, 4.69) is 9.24 Å². The van der Waals surface area contributed by atoms with Crippen LogP contribution in [0.25, 0.3) is 0 Å². The normalized spacial score (nSPS) is 4.00. The molecule has 0 aromatic carbocycles. The SMILES string of the molecule is CC#N.N#CCP. The Morgan fingerprint density at radius 3 is 1.71 bits per heavy atom. The first-order valence-corrected chi connectivity index (χ1v) is 2.53. The molecule has 1 unspecified atom stereocenters. The largest absolute Gasteiger partial charge is 0.199 e. The van der Waals surface area contributed by atoms with Crippen molar-refractivity contribution in [3.63, 3.8) is 0 Å². The highest BCUT2D eigenvalue weighted by molar-refractivity contribution is 7.16. The van der Waals surface area contributed by atoms with Crippen molar-refractivity contribution in [1.82, 2.24) is 0 Å². The lowest BCUT2D eigenvalue weighted by Gasteiger charge is -1.47. The molecule has 0 aliphatic carbocycles. The predicted octanol–water partition coefficient (Wildman–Crippen LogP) is 0.915. The van der Waals surface area contributed by atoms with Crippen LogP contribution in [0.4, 0.5) is 0 Å². The van der Waals surface area contributed by atoms with Crippen LogP contribution < -0.4 is 0 Å². The quantitative estimate of drug-likeness (QED) is 0.439. The Balaban J connectivity index is 0. The van der Waals surface area contributed by atoms with E-state index in [1.54, 1.807) is 6.07 Å². The molecule has 2 nitrogen and oxygen atoms in total. The molecule has 0 saturated carbocycles. The minimum Gasteiger partial charge on any atom is -0.199 e. The first-order valence-electron chi connectivity index (χ1n) is 1.71. The van der Waals surface area contributed by atoms with Crippen LogP contribution in [0.1, 0.15) is 6.92 Å². The summed E-state index contributed by atoms with van der Waals surface area (Å²) in [6.07, 6.45) is 0.542. The Bertz CT molecular complexity index is 86.8. The highest BCUT2D eigenvalue weighted by Crippen LogP contribution is 1.69. The van der Waals surface area contributed by atoms with Crippen molar-refractivity contribution in [2.75, 3.05) is 6.16 Å². The Labute approximate surface area is 46.0 Å². The number of rotatable bonds is 0. The van der Waals surface area contributed by atoms with Gasteiger partial charge in [0, 0.05) is 13.1 Å². The minimum absolute atomic E-state index is 0.542. The average molecular weight is 114 g/mol. The van der Waals surface area contributed by atoms with Crippen molar-refractivity contribution < 1.29 is 0 Å². The highest BCUT2D eigenvalue weighted by Gasteiger charge is 1.49. The van der Waals surface area contributed by atoms with Gasteiger partial charge < -0.3 is 0 Å². The Hall–Kier alpha value is -0.590. The maximum atomic E-state index is 7.60. The van der Waals surface area contributed by atoms with E-state index in [1.165, 1.54) is 6.92 Å². The van der Waals surface area contributed by atoms with Gasteiger partial charge in [-0.3, -0.25) is 0 Å². The van der Waals surface area contributed by atoms with Gasteiger partial charge in [0.25, 0.3) is 0 Å². The highest BCUT2D eigenvalue weighted by atomic mass is 31.0. The molecule has 0 fully saturated rings. The predicted molar refractivity (Wildman–Crippen MR) is 31.5 cm³/mol. The van der Waals surface area contributed by atoms with Crippen LogP contribution in [-0.4, -0.2) is 6.16 Å². The molecule has 0 amide bonds. The molecule has 0 bridgehead atoms. The number of hydrogen-bond donors (Lipinski definition) is 0. The third-order valence-electron chi connectivity index (χ3n) is 0.0913. The molecule has 0 saturated heterocycles. The van der Waals surface area contributed by atoms with Gasteiger partial charge in [0.1, 0.15) is 0 Å². The lowest BCUT2D eigenvalue weighted by Crippen LogP contribution is -1.45. The zero-order chi connectivity index (χ0) is 6.12. The first kappa shape index (κ1) is 9.65. The average Bonchev–Trinajstić information content (AvgIpc) is 1.69. The fourth-order valence-electron chi connectivity index (χ4n) is 0. The third-order valence-corrected chi connectivity index (χ3v) is 0.274. The Morgan fingerprint density at radius 1 is 1.57 bits per heavy atom. The zero-order valence-corrected chi connectivity index (χ0v) is 5.33. The van der Waals surface area contributed by atoms with Crippen LogP contribution in [0.15, 0.2) is 0 Å². The van der Waals surface area contributed by atoms with Gasteiger partial charge in [-0.1, -0.05) is 0 Å². The molecule has 3 heteroatoms. The van der Waals surface area contributed by atoms with Crippen LogP contribution >= 0.6 is 9.24 Å². The molecular weight excluding hydrogens is 107 g/mol. The minimum atomic E-state index is 0.542. The number of nitrogens with zero attached hydrogens (tertiary/aromatic N) is 2. The van der Waals surface area contributed by atoms with Gasteiger partial charge in [-0.2, -0.15) is 10.5 Å². The number of hydrogen-bond acceptors (Lipinski definition) is 2. The van der Waals surface area contributed by atoms with E-state index in [0.29, 0.717) is 6.16 Å². The van der Waals surface area contributed by atoms with Crippen molar-refractivity contribution >= 4 is 9.24 Å². The van der Waals surface area contributed by atoms with E-state index in [1.807, 2.05) is 6.07 Å². The van der Waals surface area contributed by atoms with Gasteiger partial charge >= 0.3 is 0 Å². The molecule has 0 aliphatic heterocycles. The molecule has 0 radical (unpaired) electrons. The second-order valence-electron chi connectivity index (χ2n) is 0.586. The van der Waals surface area contributed by atoms with E-state index in [0.717, 1.165) is 0 Å². The molecule has 0 aromatic heterocycles. The second kappa shape index (κ2) is 18.1. The van der Waals surface area contributed by atoms with Crippen LogP contribution in [0.5, 0.6) is 0 Å². The van der Waals surface area contributed by atoms with Gasteiger partial charge in [-0.25, -0.2) is 0 Å². The van der Waals surface area contributed by atoms with Crippen LogP contribution in [0.2, 0.25) is 0 Å². The molecule has 0 aliphatic rings. The summed E-state index contributed by atoms with van der Waals surface area (Å²) in [6.45, 7) is 1.43. The Kier molecular flexibility index (Phi) is 25.0. The molecule has 0 rings (SSSR count). The smallest absolute Gasteiger partial charge is 0.0663 e. The van der Waals surface area contributed by atoms with Gasteiger partial charge in [-0.05, 0) is 0 Å². The summed E-state index contributed by atoms with van der Waals surface area (Å²) in [6, 6.07) is 3.64. The fraction of sp³-hybridized carbons (Fsp3) is 0.500. The zero-order valence-electron chi connectivity index (χ0n) is 4.18. The first-order chi connectivity index (χ1) is 3.33. The maximum absolute atomic E-state index is 7.60. The molecular formula is C4H7N2P.